The third-order valence-electron chi connectivity index (χ3n) is 4.31. The number of aromatic nitrogens is 4. The van der Waals surface area contributed by atoms with E-state index in [0.29, 0.717) is 28.5 Å². The molecule has 27 heavy (non-hydrogen) atoms. The number of halogens is 1. The first-order valence-corrected chi connectivity index (χ1v) is 8.87. The van der Waals surface area contributed by atoms with Gasteiger partial charge in [-0.15, -0.1) is 10.2 Å². The Bertz CT molecular complexity index is 1230. The standard InChI is InChI=1S/C19H16ClN5O2/c1-2-16-22-23-18-19(27)24(14-8-3-4-9-15(14)25(16)18)11-17(26)21-13-7-5-6-12(20)10-13/h3-10H,2,11H2,1H3,(H,21,26). The zero-order chi connectivity index (χ0) is 19.0. The second-order valence-corrected chi connectivity index (χ2v) is 6.50. The van der Waals surface area contributed by atoms with E-state index in [1.54, 1.807) is 28.7 Å². The van der Waals surface area contributed by atoms with Gasteiger partial charge in [0.15, 0.2) is 0 Å². The Kier molecular flexibility index (Phi) is 4.37. The van der Waals surface area contributed by atoms with Gasteiger partial charge >= 0.3 is 0 Å². The molecular weight excluding hydrogens is 366 g/mol. The number of hydrogen-bond acceptors (Lipinski definition) is 4. The normalized spacial score (nSPS) is 11.2. The van der Waals surface area contributed by atoms with Crippen molar-refractivity contribution in [1.82, 2.24) is 19.2 Å². The average molecular weight is 382 g/mol. The first-order chi connectivity index (χ1) is 13.1. The number of para-hydroxylation sites is 2. The number of benzene rings is 2. The van der Waals surface area contributed by atoms with Gasteiger partial charge in [0.25, 0.3) is 5.56 Å². The summed E-state index contributed by atoms with van der Waals surface area (Å²) in [7, 11) is 0. The van der Waals surface area contributed by atoms with Crippen molar-refractivity contribution in [2.75, 3.05) is 5.32 Å². The van der Waals surface area contributed by atoms with Crippen LogP contribution < -0.4 is 10.9 Å². The smallest absolute Gasteiger partial charge is 0.297 e. The summed E-state index contributed by atoms with van der Waals surface area (Å²) >= 11 is 5.95. The van der Waals surface area contributed by atoms with Crippen molar-refractivity contribution in [3.05, 3.63) is 69.7 Å². The number of amides is 1. The molecule has 0 fully saturated rings. The van der Waals surface area contributed by atoms with E-state index in [2.05, 4.69) is 15.5 Å². The number of rotatable bonds is 4. The minimum atomic E-state index is -0.359. The Morgan fingerprint density at radius 3 is 2.63 bits per heavy atom. The Hall–Kier alpha value is -3.19. The molecule has 0 atom stereocenters. The van der Waals surface area contributed by atoms with Crippen molar-refractivity contribution in [1.29, 1.82) is 0 Å². The van der Waals surface area contributed by atoms with Crippen molar-refractivity contribution >= 4 is 39.9 Å². The van der Waals surface area contributed by atoms with Gasteiger partial charge in [0, 0.05) is 17.1 Å². The first kappa shape index (κ1) is 17.2. The second-order valence-electron chi connectivity index (χ2n) is 6.07. The van der Waals surface area contributed by atoms with Crippen LogP contribution in [-0.2, 0) is 17.8 Å². The Morgan fingerprint density at radius 1 is 1.11 bits per heavy atom. The number of anilines is 1. The fourth-order valence-corrected chi connectivity index (χ4v) is 3.31. The number of carbonyl (C=O) groups excluding carboxylic acids is 1. The van der Waals surface area contributed by atoms with E-state index in [-0.39, 0.29) is 23.7 Å². The third-order valence-corrected chi connectivity index (χ3v) is 4.54. The number of nitrogens with zero attached hydrogens (tertiary/aromatic N) is 4. The van der Waals surface area contributed by atoms with Crippen LogP contribution in [0.1, 0.15) is 12.7 Å². The Morgan fingerprint density at radius 2 is 1.89 bits per heavy atom. The topological polar surface area (TPSA) is 81.3 Å². The average Bonchev–Trinajstić information content (AvgIpc) is 3.09. The molecule has 0 radical (unpaired) electrons. The molecule has 2 heterocycles. The van der Waals surface area contributed by atoms with Crippen molar-refractivity contribution in [3.63, 3.8) is 0 Å². The third kappa shape index (κ3) is 3.06. The van der Waals surface area contributed by atoms with Crippen molar-refractivity contribution < 1.29 is 4.79 Å². The zero-order valence-corrected chi connectivity index (χ0v) is 15.3. The number of hydrogen-bond donors (Lipinski definition) is 1. The molecule has 4 aromatic rings. The Balaban J connectivity index is 1.80. The van der Waals surface area contributed by atoms with Crippen LogP contribution in [0.3, 0.4) is 0 Å². The zero-order valence-electron chi connectivity index (χ0n) is 14.5. The summed E-state index contributed by atoms with van der Waals surface area (Å²) < 4.78 is 3.17. The Labute approximate surface area is 159 Å². The van der Waals surface area contributed by atoms with E-state index >= 15 is 0 Å². The molecule has 0 aliphatic heterocycles. The van der Waals surface area contributed by atoms with Gasteiger partial charge in [0.05, 0.1) is 11.0 Å². The van der Waals surface area contributed by atoms with Crippen LogP contribution in [0, 0.1) is 0 Å². The van der Waals surface area contributed by atoms with E-state index < -0.39 is 0 Å². The fourth-order valence-electron chi connectivity index (χ4n) is 3.12. The molecule has 7 nitrogen and oxygen atoms in total. The van der Waals surface area contributed by atoms with Crippen molar-refractivity contribution in [2.24, 2.45) is 0 Å². The van der Waals surface area contributed by atoms with Crippen LogP contribution in [0.4, 0.5) is 5.69 Å². The molecule has 0 aliphatic carbocycles. The quantitative estimate of drug-likeness (QED) is 0.589. The molecule has 0 aliphatic rings. The number of carbonyl (C=O) groups is 1. The lowest BCUT2D eigenvalue weighted by molar-refractivity contribution is -0.116. The molecule has 0 bridgehead atoms. The fraction of sp³-hybridized carbons (Fsp3) is 0.158. The SMILES string of the molecule is CCc1nnc2c(=O)n(CC(=O)Nc3cccc(Cl)c3)c3ccccc3n12. The maximum absolute atomic E-state index is 13.0. The minimum Gasteiger partial charge on any atom is -0.324 e. The van der Waals surface area contributed by atoms with E-state index in [0.717, 1.165) is 5.52 Å². The summed E-state index contributed by atoms with van der Waals surface area (Å²) in [5.74, 6) is 0.373. The van der Waals surface area contributed by atoms with E-state index in [1.165, 1.54) is 4.57 Å². The number of fused-ring (bicyclic) bond motifs is 3. The highest BCUT2D eigenvalue weighted by Crippen LogP contribution is 2.17. The highest BCUT2D eigenvalue weighted by Gasteiger charge is 2.17. The molecule has 136 valence electrons. The van der Waals surface area contributed by atoms with Crippen LogP contribution in [0.5, 0.6) is 0 Å². The van der Waals surface area contributed by atoms with Crippen LogP contribution >= 0.6 is 11.6 Å². The molecule has 1 N–H and O–H groups in total. The van der Waals surface area contributed by atoms with Crippen molar-refractivity contribution in [2.45, 2.75) is 19.9 Å². The van der Waals surface area contributed by atoms with Crippen molar-refractivity contribution in [3.8, 4) is 0 Å². The van der Waals surface area contributed by atoms with E-state index in [4.69, 9.17) is 11.6 Å². The molecule has 2 aromatic carbocycles. The van der Waals surface area contributed by atoms with Crippen LogP contribution in [0.25, 0.3) is 16.7 Å². The highest BCUT2D eigenvalue weighted by atomic mass is 35.5. The van der Waals surface area contributed by atoms with Gasteiger partial charge in [-0.05, 0) is 30.3 Å². The second kappa shape index (κ2) is 6.85. The van der Waals surface area contributed by atoms with Crippen LogP contribution in [-0.4, -0.2) is 25.1 Å². The summed E-state index contributed by atoms with van der Waals surface area (Å²) in [6, 6.07) is 14.2. The van der Waals surface area contributed by atoms with Crippen LogP contribution in [0.15, 0.2) is 53.3 Å². The van der Waals surface area contributed by atoms with Gasteiger partial charge in [-0.3, -0.25) is 18.6 Å². The lowest BCUT2D eigenvalue weighted by Crippen LogP contribution is -2.29. The summed E-state index contributed by atoms with van der Waals surface area (Å²) in [4.78, 5) is 25.5. The monoisotopic (exact) mass is 381 g/mol. The molecule has 2 aromatic heterocycles. The molecule has 0 saturated carbocycles. The maximum Gasteiger partial charge on any atom is 0.297 e. The summed E-state index contributed by atoms with van der Waals surface area (Å²) in [5.41, 5.74) is 1.85. The molecule has 4 rings (SSSR count). The molecule has 1 amide bonds. The highest BCUT2D eigenvalue weighted by molar-refractivity contribution is 6.30. The van der Waals surface area contributed by atoms with E-state index in [9.17, 15) is 9.59 Å². The maximum atomic E-state index is 13.0. The summed E-state index contributed by atoms with van der Waals surface area (Å²) in [5, 5.41) is 11.4. The van der Waals surface area contributed by atoms with Crippen LogP contribution in [0.2, 0.25) is 5.02 Å². The van der Waals surface area contributed by atoms with Gasteiger partial charge < -0.3 is 5.32 Å². The summed E-state index contributed by atoms with van der Waals surface area (Å²) in [6.45, 7) is 1.81. The van der Waals surface area contributed by atoms with Gasteiger partial charge in [-0.1, -0.05) is 36.7 Å². The molecule has 0 saturated heterocycles. The number of aryl methyl sites for hydroxylation is 1. The largest absolute Gasteiger partial charge is 0.324 e. The number of nitrogens with one attached hydrogen (secondary N) is 1. The van der Waals surface area contributed by atoms with Gasteiger partial charge in [0.1, 0.15) is 12.4 Å². The van der Waals surface area contributed by atoms with Gasteiger partial charge in [0.2, 0.25) is 11.6 Å². The predicted molar refractivity (Wildman–Crippen MR) is 104 cm³/mol. The molecule has 0 spiro atoms. The minimum absolute atomic E-state index is 0.142. The van der Waals surface area contributed by atoms with E-state index in [1.807, 2.05) is 31.2 Å². The van der Waals surface area contributed by atoms with Gasteiger partial charge in [-0.2, -0.15) is 0 Å². The lowest BCUT2D eigenvalue weighted by Gasteiger charge is -2.12. The predicted octanol–water partition coefficient (Wildman–Crippen LogP) is 2.90. The molecular formula is C19H16ClN5O2. The molecule has 8 heteroatoms. The van der Waals surface area contributed by atoms with Gasteiger partial charge in [-0.25, -0.2) is 0 Å². The molecule has 0 unspecified atom stereocenters. The first-order valence-electron chi connectivity index (χ1n) is 8.49. The summed E-state index contributed by atoms with van der Waals surface area (Å²) in [6.07, 6.45) is 0.643. The lowest BCUT2D eigenvalue weighted by atomic mass is 10.2.